The summed E-state index contributed by atoms with van der Waals surface area (Å²) in [6.07, 6.45) is 0.139. The maximum atomic E-state index is 12.3. The first-order valence-electron chi connectivity index (χ1n) is 10.0. The number of aliphatic hydroxyl groups is 1. The van der Waals surface area contributed by atoms with Gasteiger partial charge in [0.1, 0.15) is 0 Å². The van der Waals surface area contributed by atoms with Crippen LogP contribution in [0.1, 0.15) is 50.5 Å². The molecule has 1 amide bonds. The number of halogens is 2. The van der Waals surface area contributed by atoms with Crippen molar-refractivity contribution in [1.29, 1.82) is 0 Å². The number of alkyl halides is 2. The van der Waals surface area contributed by atoms with Crippen LogP contribution in [0, 0.1) is 0 Å². The predicted octanol–water partition coefficient (Wildman–Crippen LogP) is 3.95. The van der Waals surface area contributed by atoms with E-state index in [-0.39, 0.29) is 18.8 Å². The van der Waals surface area contributed by atoms with E-state index in [1.807, 2.05) is 6.07 Å². The van der Waals surface area contributed by atoms with Gasteiger partial charge in [0.25, 0.3) is 6.43 Å². The summed E-state index contributed by atoms with van der Waals surface area (Å²) < 4.78 is 35.3. The molecule has 1 saturated heterocycles. The quantitative estimate of drug-likeness (QED) is 0.790. The molecule has 1 aromatic carbocycles. The molecule has 7 heteroatoms. The average Bonchev–Trinajstić information content (AvgIpc) is 2.98. The van der Waals surface area contributed by atoms with Crippen molar-refractivity contribution in [1.82, 2.24) is 4.90 Å². The Bertz CT molecular complexity index is 622. The molecule has 0 radical (unpaired) electrons. The number of hydrogen-bond acceptors (Lipinski definition) is 4. The van der Waals surface area contributed by atoms with Crippen LogP contribution in [0.15, 0.2) is 30.3 Å². The summed E-state index contributed by atoms with van der Waals surface area (Å²) in [5, 5.41) is 10.3. The van der Waals surface area contributed by atoms with E-state index in [2.05, 4.69) is 29.0 Å². The lowest BCUT2D eigenvalue weighted by Gasteiger charge is -2.32. The van der Waals surface area contributed by atoms with Crippen LogP contribution in [0.4, 0.5) is 13.6 Å². The van der Waals surface area contributed by atoms with Gasteiger partial charge in [-0.1, -0.05) is 30.3 Å². The van der Waals surface area contributed by atoms with Gasteiger partial charge in [-0.3, -0.25) is 4.90 Å². The van der Waals surface area contributed by atoms with Gasteiger partial charge < -0.3 is 14.6 Å². The van der Waals surface area contributed by atoms with E-state index in [1.165, 1.54) is 10.5 Å². The Labute approximate surface area is 164 Å². The summed E-state index contributed by atoms with van der Waals surface area (Å²) >= 11 is 0. The van der Waals surface area contributed by atoms with Crippen LogP contribution in [-0.4, -0.2) is 60.0 Å². The third-order valence-corrected chi connectivity index (χ3v) is 5.85. The summed E-state index contributed by atoms with van der Waals surface area (Å²) in [4.78, 5) is 13.5. The van der Waals surface area contributed by atoms with Crippen molar-refractivity contribution in [2.24, 2.45) is 0 Å². The Morgan fingerprint density at radius 3 is 2.54 bits per heavy atom. The topological polar surface area (TPSA) is 59.0 Å². The van der Waals surface area contributed by atoms with Crippen LogP contribution >= 0.6 is 0 Å². The number of amides is 1. The lowest BCUT2D eigenvalue weighted by atomic mass is 9.83. The van der Waals surface area contributed by atoms with Gasteiger partial charge in [-0.05, 0) is 50.5 Å². The van der Waals surface area contributed by atoms with E-state index in [0.717, 1.165) is 25.7 Å². The highest BCUT2D eigenvalue weighted by molar-refractivity contribution is 5.69. The molecule has 1 N–H and O–H groups in total. The summed E-state index contributed by atoms with van der Waals surface area (Å²) in [5.41, 5.74) is 1.36. The van der Waals surface area contributed by atoms with Gasteiger partial charge in [-0.25, -0.2) is 13.6 Å². The van der Waals surface area contributed by atoms with Crippen LogP contribution in [0.3, 0.4) is 0 Å². The molecule has 3 rings (SSSR count). The van der Waals surface area contributed by atoms with E-state index >= 15 is 0 Å². The number of hydrogen-bond donors (Lipinski definition) is 1. The van der Waals surface area contributed by atoms with E-state index < -0.39 is 31.3 Å². The minimum Gasteiger partial charge on any atom is -0.443 e. The van der Waals surface area contributed by atoms with Crippen molar-refractivity contribution in [3.05, 3.63) is 35.9 Å². The van der Waals surface area contributed by atoms with Crippen molar-refractivity contribution >= 4 is 6.09 Å². The van der Waals surface area contributed by atoms with Crippen molar-refractivity contribution in [3.8, 4) is 0 Å². The highest BCUT2D eigenvalue weighted by atomic mass is 19.3. The minimum atomic E-state index is -2.71. The molecule has 2 fully saturated rings. The highest BCUT2D eigenvalue weighted by Gasteiger charge is 2.42. The second-order valence-corrected chi connectivity index (χ2v) is 7.81. The summed E-state index contributed by atoms with van der Waals surface area (Å²) in [6, 6.07) is 9.61. The van der Waals surface area contributed by atoms with Crippen molar-refractivity contribution in [2.45, 2.75) is 75.7 Å². The van der Waals surface area contributed by atoms with E-state index in [4.69, 9.17) is 4.74 Å². The Morgan fingerprint density at radius 2 is 1.89 bits per heavy atom. The minimum absolute atomic E-state index is 0.0852. The second-order valence-electron chi connectivity index (χ2n) is 7.81. The molecule has 156 valence electrons. The molecule has 28 heavy (non-hydrogen) atoms. The smallest absolute Gasteiger partial charge is 0.410 e. The largest absolute Gasteiger partial charge is 0.443 e. The summed E-state index contributed by atoms with van der Waals surface area (Å²) in [7, 11) is 0. The number of ether oxygens (including phenoxy) is 2. The molecule has 0 spiro atoms. The van der Waals surface area contributed by atoms with E-state index in [0.29, 0.717) is 12.3 Å². The maximum Gasteiger partial charge on any atom is 0.410 e. The average molecular weight is 397 g/mol. The molecule has 1 aliphatic carbocycles. The molecule has 1 saturated carbocycles. The Kier molecular flexibility index (Phi) is 7.24. The molecule has 2 aliphatic rings. The molecule has 1 heterocycles. The van der Waals surface area contributed by atoms with Gasteiger partial charge >= 0.3 is 6.09 Å². The zero-order valence-electron chi connectivity index (χ0n) is 16.2. The Hall–Kier alpha value is -1.73. The highest BCUT2D eigenvalue weighted by Crippen LogP contribution is 2.34. The maximum absolute atomic E-state index is 12.3. The molecular weight excluding hydrogens is 368 g/mol. The van der Waals surface area contributed by atoms with Gasteiger partial charge in [0.15, 0.2) is 6.61 Å². The van der Waals surface area contributed by atoms with Gasteiger partial charge in [0.2, 0.25) is 0 Å². The fourth-order valence-corrected chi connectivity index (χ4v) is 4.37. The van der Waals surface area contributed by atoms with Crippen molar-refractivity contribution in [2.75, 3.05) is 13.2 Å². The zero-order chi connectivity index (χ0) is 20.1. The Morgan fingerprint density at radius 1 is 1.21 bits per heavy atom. The normalized spacial score (nSPS) is 30.6. The van der Waals surface area contributed by atoms with Crippen LogP contribution < -0.4 is 0 Å². The van der Waals surface area contributed by atoms with E-state index in [9.17, 15) is 18.7 Å². The van der Waals surface area contributed by atoms with Crippen molar-refractivity contribution < 1.29 is 28.2 Å². The van der Waals surface area contributed by atoms with Gasteiger partial charge in [0.05, 0.1) is 24.9 Å². The zero-order valence-corrected chi connectivity index (χ0v) is 16.2. The number of nitrogens with zero attached hydrogens (tertiary/aromatic N) is 1. The molecule has 1 aliphatic heterocycles. The summed E-state index contributed by atoms with van der Waals surface area (Å²) in [6.45, 7) is 1.03. The molecule has 0 bridgehead atoms. The number of carbonyl (C=O) groups is 1. The molecule has 5 nitrogen and oxygen atoms in total. The van der Waals surface area contributed by atoms with Gasteiger partial charge in [-0.2, -0.15) is 0 Å². The Balaban J connectivity index is 1.49. The fourth-order valence-electron chi connectivity index (χ4n) is 4.37. The lowest BCUT2D eigenvalue weighted by molar-refractivity contribution is -0.0315. The van der Waals surface area contributed by atoms with Gasteiger partial charge in [0, 0.05) is 6.04 Å². The molecule has 2 unspecified atom stereocenters. The first kappa shape index (κ1) is 21.0. The number of benzene rings is 1. The lowest BCUT2D eigenvalue weighted by Crippen LogP contribution is -2.46. The molecule has 0 aromatic heterocycles. The monoisotopic (exact) mass is 397 g/mol. The van der Waals surface area contributed by atoms with Gasteiger partial charge in [-0.15, -0.1) is 0 Å². The fraction of sp³-hybridized carbons (Fsp3) is 0.667. The first-order chi connectivity index (χ1) is 13.5. The molecular formula is C21H29F2NO4. The van der Waals surface area contributed by atoms with E-state index in [1.54, 1.807) is 6.92 Å². The third-order valence-electron chi connectivity index (χ3n) is 5.85. The third kappa shape index (κ3) is 5.20. The summed E-state index contributed by atoms with van der Waals surface area (Å²) in [5.74, 6) is 0.541. The van der Waals surface area contributed by atoms with Crippen LogP contribution in [0.25, 0.3) is 0 Å². The standard InChI is InChI=1S/C21H29F2NO4/c1-14-11-19(25)18(24(14)21(26)28-13-20(22)23)12-27-17-9-7-16(8-10-17)15-5-3-2-4-6-15/h2-6,14,16-20,25H,7-13H2,1H3/t14-,16-,17+,18?,19?/m1/s1. The molecule has 1 aromatic rings. The SMILES string of the molecule is C[C@@H]1CC(O)C(CO[C@H]2CC[C@@H](c3ccccc3)CC2)N1C(=O)OCC(F)F. The molecule has 3 atom stereocenters. The predicted molar refractivity (Wildman–Crippen MR) is 100 cm³/mol. The first-order valence-corrected chi connectivity index (χ1v) is 10.0. The number of carbonyl (C=O) groups excluding carboxylic acids is 1. The van der Waals surface area contributed by atoms with Crippen LogP contribution in [0.5, 0.6) is 0 Å². The van der Waals surface area contributed by atoms with Crippen LogP contribution in [-0.2, 0) is 9.47 Å². The number of rotatable bonds is 6. The number of likely N-dealkylation sites (tertiary alicyclic amines) is 1. The van der Waals surface area contributed by atoms with Crippen LogP contribution in [0.2, 0.25) is 0 Å². The van der Waals surface area contributed by atoms with Crippen molar-refractivity contribution in [3.63, 3.8) is 0 Å². The second kappa shape index (κ2) is 9.65. The number of aliphatic hydroxyl groups excluding tert-OH is 1.